The number of carbonyl (C=O) groups excluding carboxylic acids is 1. The van der Waals surface area contributed by atoms with Crippen molar-refractivity contribution < 1.29 is 9.53 Å². The van der Waals surface area contributed by atoms with Gasteiger partial charge in [-0.2, -0.15) is 0 Å². The summed E-state index contributed by atoms with van der Waals surface area (Å²) < 4.78 is 8.76. The first-order chi connectivity index (χ1) is 14.4. The van der Waals surface area contributed by atoms with E-state index < -0.39 is 0 Å². The number of rotatable bonds is 9. The molecule has 0 atom stereocenters. The van der Waals surface area contributed by atoms with Crippen molar-refractivity contribution in [2.24, 2.45) is 0 Å². The number of anilines is 1. The highest BCUT2D eigenvalue weighted by molar-refractivity contribution is 9.10. The first-order valence-electron chi connectivity index (χ1n) is 10.3. The van der Waals surface area contributed by atoms with E-state index in [1.54, 1.807) is 0 Å². The summed E-state index contributed by atoms with van der Waals surface area (Å²) in [5.41, 5.74) is 8.74. The number of nitrogen functional groups attached to an aromatic ring is 1. The second kappa shape index (κ2) is 10.1. The molecule has 1 aromatic carbocycles. The van der Waals surface area contributed by atoms with Gasteiger partial charge in [0, 0.05) is 35.6 Å². The Balaban J connectivity index is 1.84. The molecular weight excluding hydrogens is 448 g/mol. The summed E-state index contributed by atoms with van der Waals surface area (Å²) in [5.74, 6) is 1.25. The number of aromatic nitrogens is 3. The predicted molar refractivity (Wildman–Crippen MR) is 123 cm³/mol. The quantitative estimate of drug-likeness (QED) is 0.405. The Morgan fingerprint density at radius 2 is 2.10 bits per heavy atom. The number of unbranched alkanes of at least 4 members (excludes halogenated alkanes) is 1. The van der Waals surface area contributed by atoms with Gasteiger partial charge in [0.05, 0.1) is 11.0 Å². The maximum absolute atomic E-state index is 11.7. The minimum Gasteiger partial charge on any atom is -0.382 e. The Labute approximate surface area is 184 Å². The van der Waals surface area contributed by atoms with Crippen molar-refractivity contribution in [2.75, 3.05) is 18.9 Å². The molecule has 2 amide bonds. The summed E-state index contributed by atoms with van der Waals surface area (Å²) in [6, 6.07) is 5.98. The topological polar surface area (TPSA) is 107 Å². The molecule has 2 heterocycles. The van der Waals surface area contributed by atoms with E-state index in [2.05, 4.69) is 36.1 Å². The summed E-state index contributed by atoms with van der Waals surface area (Å²) in [6.07, 6.45) is 1.73. The molecule has 30 heavy (non-hydrogen) atoms. The fourth-order valence-electron chi connectivity index (χ4n) is 3.39. The van der Waals surface area contributed by atoms with Gasteiger partial charge in [-0.25, -0.2) is 14.8 Å². The molecule has 0 aliphatic heterocycles. The number of fused-ring (bicyclic) bond motifs is 3. The summed E-state index contributed by atoms with van der Waals surface area (Å²) >= 11 is 3.50. The van der Waals surface area contributed by atoms with Crippen molar-refractivity contribution in [1.29, 1.82) is 0 Å². The fraction of sp³-hybridized carbons (Fsp3) is 0.476. The number of amides is 2. The van der Waals surface area contributed by atoms with Crippen molar-refractivity contribution >= 4 is 49.7 Å². The number of nitrogens with zero attached hydrogens (tertiary/aromatic N) is 3. The van der Waals surface area contributed by atoms with Crippen LogP contribution in [0.3, 0.4) is 0 Å². The van der Waals surface area contributed by atoms with Gasteiger partial charge in [0.25, 0.3) is 0 Å². The number of benzene rings is 1. The maximum atomic E-state index is 11.7. The molecule has 0 aliphatic carbocycles. The van der Waals surface area contributed by atoms with Crippen LogP contribution in [0.4, 0.5) is 10.6 Å². The molecule has 0 spiro atoms. The van der Waals surface area contributed by atoms with E-state index >= 15 is 0 Å². The standard InChI is InChI=1S/C21H29BrN6O2/c1-4-30-12-17-27-18-19(15-8-7-14(22)11-16(15)26-20(18)23)28(17)10-6-5-9-24-21(29)25-13(2)3/h7-8,11,13H,4-6,9-10,12H2,1-3H3,(H2,23,26)(H2,24,25,29). The molecule has 0 unspecified atom stereocenters. The highest BCUT2D eigenvalue weighted by atomic mass is 79.9. The van der Waals surface area contributed by atoms with Gasteiger partial charge < -0.3 is 25.7 Å². The molecule has 2 aromatic heterocycles. The van der Waals surface area contributed by atoms with Crippen LogP contribution in [-0.4, -0.2) is 39.8 Å². The third kappa shape index (κ3) is 5.20. The van der Waals surface area contributed by atoms with Crippen molar-refractivity contribution in [1.82, 2.24) is 25.2 Å². The van der Waals surface area contributed by atoms with Crippen molar-refractivity contribution in [2.45, 2.75) is 52.8 Å². The molecule has 3 aromatic rings. The van der Waals surface area contributed by atoms with Crippen LogP contribution in [0.1, 0.15) is 39.4 Å². The first-order valence-corrected chi connectivity index (χ1v) is 11.1. The number of nitrogens with one attached hydrogen (secondary N) is 2. The van der Waals surface area contributed by atoms with Crippen LogP contribution >= 0.6 is 15.9 Å². The summed E-state index contributed by atoms with van der Waals surface area (Å²) in [7, 11) is 0. The number of ether oxygens (including phenoxy) is 1. The number of urea groups is 1. The Morgan fingerprint density at radius 3 is 2.83 bits per heavy atom. The molecule has 0 bridgehead atoms. The first kappa shape index (κ1) is 22.3. The lowest BCUT2D eigenvalue weighted by molar-refractivity contribution is 0.126. The SMILES string of the molecule is CCOCc1nc2c(N)nc3cc(Br)ccc3c2n1CCCCNC(=O)NC(C)C. The van der Waals surface area contributed by atoms with Gasteiger partial charge in [-0.05, 0) is 51.8 Å². The number of hydrogen-bond acceptors (Lipinski definition) is 5. The smallest absolute Gasteiger partial charge is 0.314 e. The van der Waals surface area contributed by atoms with E-state index in [0.717, 1.165) is 46.1 Å². The Kier molecular flexibility index (Phi) is 7.49. The zero-order valence-electron chi connectivity index (χ0n) is 17.7. The molecule has 0 aliphatic rings. The van der Waals surface area contributed by atoms with Crippen LogP contribution < -0.4 is 16.4 Å². The van der Waals surface area contributed by atoms with E-state index in [-0.39, 0.29) is 12.1 Å². The zero-order chi connectivity index (χ0) is 21.7. The van der Waals surface area contributed by atoms with Crippen LogP contribution in [0.25, 0.3) is 21.9 Å². The van der Waals surface area contributed by atoms with E-state index in [0.29, 0.717) is 31.1 Å². The molecule has 8 nitrogen and oxygen atoms in total. The average molecular weight is 477 g/mol. The Morgan fingerprint density at radius 1 is 1.30 bits per heavy atom. The largest absolute Gasteiger partial charge is 0.382 e. The maximum Gasteiger partial charge on any atom is 0.314 e. The van der Waals surface area contributed by atoms with Gasteiger partial charge in [0.15, 0.2) is 5.82 Å². The van der Waals surface area contributed by atoms with Crippen LogP contribution in [0.5, 0.6) is 0 Å². The van der Waals surface area contributed by atoms with Crippen molar-refractivity contribution in [3.8, 4) is 0 Å². The summed E-state index contributed by atoms with van der Waals surface area (Å²) in [6.45, 7) is 8.23. The van der Waals surface area contributed by atoms with E-state index in [1.807, 2.05) is 39.0 Å². The summed E-state index contributed by atoms with van der Waals surface area (Å²) in [4.78, 5) is 21.0. The minimum atomic E-state index is -0.134. The average Bonchev–Trinajstić information content (AvgIpc) is 3.04. The lowest BCUT2D eigenvalue weighted by Crippen LogP contribution is -2.39. The van der Waals surface area contributed by atoms with E-state index in [9.17, 15) is 4.79 Å². The van der Waals surface area contributed by atoms with Gasteiger partial charge in [-0.1, -0.05) is 15.9 Å². The number of hydrogen-bond donors (Lipinski definition) is 3. The van der Waals surface area contributed by atoms with Gasteiger partial charge in [0.2, 0.25) is 0 Å². The Hall–Kier alpha value is -2.39. The Bertz CT molecular complexity index is 1030. The predicted octanol–water partition coefficient (Wildman–Crippen LogP) is 3.95. The van der Waals surface area contributed by atoms with Crippen LogP contribution in [0.2, 0.25) is 0 Å². The van der Waals surface area contributed by atoms with Crippen molar-refractivity contribution in [3.05, 3.63) is 28.5 Å². The number of aryl methyl sites for hydroxylation is 1. The van der Waals surface area contributed by atoms with E-state index in [4.69, 9.17) is 15.5 Å². The fourth-order valence-corrected chi connectivity index (χ4v) is 3.73. The highest BCUT2D eigenvalue weighted by Gasteiger charge is 2.17. The summed E-state index contributed by atoms with van der Waals surface area (Å²) in [5, 5.41) is 6.72. The number of pyridine rings is 1. The second-order valence-corrected chi connectivity index (χ2v) is 8.35. The van der Waals surface area contributed by atoms with Crippen LogP contribution in [0.15, 0.2) is 22.7 Å². The molecule has 0 fully saturated rings. The lowest BCUT2D eigenvalue weighted by atomic mass is 10.2. The van der Waals surface area contributed by atoms with Gasteiger partial charge in [-0.15, -0.1) is 0 Å². The van der Waals surface area contributed by atoms with Crippen LogP contribution in [-0.2, 0) is 17.9 Å². The monoisotopic (exact) mass is 476 g/mol. The lowest BCUT2D eigenvalue weighted by Gasteiger charge is -2.12. The number of imidazole rings is 1. The molecule has 3 rings (SSSR count). The molecule has 0 radical (unpaired) electrons. The minimum absolute atomic E-state index is 0.121. The van der Waals surface area contributed by atoms with Crippen LogP contribution in [0, 0.1) is 0 Å². The molecule has 0 saturated carbocycles. The van der Waals surface area contributed by atoms with Crippen molar-refractivity contribution in [3.63, 3.8) is 0 Å². The third-order valence-electron chi connectivity index (χ3n) is 4.69. The normalized spacial score (nSPS) is 11.5. The highest BCUT2D eigenvalue weighted by Crippen LogP contribution is 2.31. The molecule has 162 valence electrons. The van der Waals surface area contributed by atoms with Gasteiger partial charge in [0.1, 0.15) is 17.9 Å². The second-order valence-electron chi connectivity index (χ2n) is 7.43. The third-order valence-corrected chi connectivity index (χ3v) is 5.19. The molecular formula is C21H29BrN6O2. The number of nitrogens with two attached hydrogens (primary N) is 1. The molecule has 9 heteroatoms. The number of halogens is 1. The number of carbonyl (C=O) groups is 1. The molecule has 4 N–H and O–H groups in total. The van der Waals surface area contributed by atoms with E-state index in [1.165, 1.54) is 0 Å². The van der Waals surface area contributed by atoms with Gasteiger partial charge in [-0.3, -0.25) is 0 Å². The molecule has 0 saturated heterocycles. The zero-order valence-corrected chi connectivity index (χ0v) is 19.3. The van der Waals surface area contributed by atoms with Gasteiger partial charge >= 0.3 is 6.03 Å².